The lowest BCUT2D eigenvalue weighted by Crippen LogP contribution is -2.59. The lowest BCUT2D eigenvalue weighted by atomic mass is 9.86. The maximum absolute atomic E-state index is 14.8. The number of nitrogens with one attached hydrogen (secondary N) is 1. The van der Waals surface area contributed by atoms with Gasteiger partial charge in [-0.25, -0.2) is 17.1 Å². The summed E-state index contributed by atoms with van der Waals surface area (Å²) in [6, 6.07) is 4.66. The van der Waals surface area contributed by atoms with E-state index in [1.807, 2.05) is 5.32 Å². The summed E-state index contributed by atoms with van der Waals surface area (Å²) < 4.78 is 190. The van der Waals surface area contributed by atoms with E-state index in [9.17, 15) is 71.1 Å². The number of hydrogen-bond acceptors (Lipinski definition) is 2. The fourth-order valence-electron chi connectivity index (χ4n) is 3.73. The molecular formula is C25H11BrF14N2O2. The van der Waals surface area contributed by atoms with E-state index in [0.29, 0.717) is 0 Å². The highest BCUT2D eigenvalue weighted by atomic mass is 79.9. The first kappa shape index (κ1) is 34.6. The van der Waals surface area contributed by atoms with Gasteiger partial charge in [0, 0.05) is 16.8 Å². The zero-order chi connectivity index (χ0) is 33.6. The van der Waals surface area contributed by atoms with Gasteiger partial charge in [0.05, 0.1) is 27.4 Å². The molecule has 0 spiro atoms. The molecule has 4 nitrogen and oxygen atoms in total. The minimum atomic E-state index is -7.26. The zero-order valence-electron chi connectivity index (χ0n) is 20.7. The van der Waals surface area contributed by atoms with Crippen LogP contribution in [0.1, 0.15) is 31.8 Å². The van der Waals surface area contributed by atoms with E-state index in [0.717, 1.165) is 42.5 Å². The molecule has 0 aliphatic heterocycles. The quantitative estimate of drug-likeness (QED) is 0.204. The summed E-state index contributed by atoms with van der Waals surface area (Å²) in [5.74, 6) is -12.7. The molecule has 19 heteroatoms. The minimum absolute atomic E-state index is 0.0908. The normalized spacial score (nSPS) is 14.2. The third-order valence-corrected chi connectivity index (χ3v) is 6.53. The largest absolute Gasteiger partial charge is 0.457 e. The molecule has 1 N–H and O–H groups in total. The second-order valence-electron chi connectivity index (χ2n) is 8.68. The third kappa shape index (κ3) is 6.18. The standard InChI is InChI=1S/C25H11BrF14N2O2/c26-42(20(44)11-3-1-4-13(9-11)41-19(43)18-15(27)5-2-6-16(18)28)17-8-7-12(10-14(17)22(30,31)32)21(29,24(35,36)37)23(33,34)25(38,39)40/h1-10H,(H,41,43). The Balaban J connectivity index is 2.06. The molecule has 1 atom stereocenters. The van der Waals surface area contributed by atoms with Gasteiger partial charge in [0.1, 0.15) is 17.2 Å². The molecule has 2 amide bonds. The fourth-order valence-corrected chi connectivity index (χ4v) is 4.24. The van der Waals surface area contributed by atoms with Gasteiger partial charge in [-0.3, -0.25) is 9.59 Å². The summed E-state index contributed by atoms with van der Waals surface area (Å²) in [6.45, 7) is 0. The highest BCUT2D eigenvalue weighted by molar-refractivity contribution is 9.10. The Kier molecular flexibility index (Phi) is 9.08. The topological polar surface area (TPSA) is 49.4 Å². The van der Waals surface area contributed by atoms with Crippen molar-refractivity contribution in [1.29, 1.82) is 0 Å². The monoisotopic (exact) mass is 716 g/mol. The second-order valence-corrected chi connectivity index (χ2v) is 9.38. The zero-order valence-corrected chi connectivity index (χ0v) is 22.3. The number of nitrogens with zero attached hydrogens (tertiary/aromatic N) is 1. The molecule has 238 valence electrons. The van der Waals surface area contributed by atoms with E-state index in [4.69, 9.17) is 0 Å². The van der Waals surface area contributed by atoms with E-state index in [1.165, 1.54) is 0 Å². The number of rotatable bonds is 6. The molecule has 3 aromatic rings. The Morgan fingerprint density at radius 3 is 1.75 bits per heavy atom. The number of anilines is 2. The Labute approximate surface area is 244 Å². The van der Waals surface area contributed by atoms with Gasteiger partial charge in [-0.15, -0.1) is 0 Å². The van der Waals surface area contributed by atoms with Crippen molar-refractivity contribution in [2.24, 2.45) is 0 Å². The van der Waals surface area contributed by atoms with Crippen LogP contribution in [0.4, 0.5) is 72.8 Å². The van der Waals surface area contributed by atoms with Crippen molar-refractivity contribution < 1.29 is 71.1 Å². The Hall–Kier alpha value is -3.90. The molecule has 1 unspecified atom stereocenters. The van der Waals surface area contributed by atoms with Gasteiger partial charge < -0.3 is 5.32 Å². The molecule has 0 heterocycles. The fraction of sp³-hybridized carbons (Fsp3) is 0.200. The van der Waals surface area contributed by atoms with Crippen molar-refractivity contribution in [1.82, 2.24) is 0 Å². The Bertz CT molecular complexity index is 1570. The van der Waals surface area contributed by atoms with Crippen LogP contribution in [0.3, 0.4) is 0 Å². The minimum Gasteiger partial charge on any atom is -0.322 e. The maximum atomic E-state index is 14.8. The number of carbonyl (C=O) groups is 2. The molecule has 0 saturated carbocycles. The van der Waals surface area contributed by atoms with Crippen molar-refractivity contribution in [2.75, 3.05) is 9.24 Å². The van der Waals surface area contributed by atoms with Crippen molar-refractivity contribution in [2.45, 2.75) is 30.1 Å². The molecule has 44 heavy (non-hydrogen) atoms. The highest BCUT2D eigenvalue weighted by Crippen LogP contribution is 2.59. The lowest BCUT2D eigenvalue weighted by molar-refractivity contribution is -0.389. The van der Waals surface area contributed by atoms with Gasteiger partial charge in [0.2, 0.25) is 0 Å². The van der Waals surface area contributed by atoms with Crippen LogP contribution in [-0.4, -0.2) is 30.1 Å². The number of alkyl halides is 12. The molecular weight excluding hydrogens is 706 g/mol. The summed E-state index contributed by atoms with van der Waals surface area (Å²) in [7, 11) is 0. The first-order valence-corrected chi connectivity index (χ1v) is 11.9. The van der Waals surface area contributed by atoms with Crippen molar-refractivity contribution in [3.05, 3.63) is 94.6 Å². The van der Waals surface area contributed by atoms with Crippen LogP contribution in [0.15, 0.2) is 60.7 Å². The molecule has 0 bridgehead atoms. The van der Waals surface area contributed by atoms with Crippen LogP contribution in [0.25, 0.3) is 0 Å². The van der Waals surface area contributed by atoms with Crippen LogP contribution in [0, 0.1) is 11.6 Å². The first-order chi connectivity index (χ1) is 19.9. The third-order valence-electron chi connectivity index (χ3n) is 5.83. The smallest absolute Gasteiger partial charge is 0.322 e. The molecule has 3 aromatic carbocycles. The van der Waals surface area contributed by atoms with Crippen LogP contribution in [-0.2, 0) is 11.8 Å². The van der Waals surface area contributed by atoms with E-state index in [1.54, 1.807) is 0 Å². The number of amides is 2. The molecule has 0 saturated heterocycles. The van der Waals surface area contributed by atoms with Crippen LogP contribution < -0.4 is 9.24 Å². The van der Waals surface area contributed by atoms with Crippen LogP contribution in [0.5, 0.6) is 0 Å². The van der Waals surface area contributed by atoms with Crippen LogP contribution in [0.2, 0.25) is 0 Å². The Morgan fingerprint density at radius 2 is 1.25 bits per heavy atom. The van der Waals surface area contributed by atoms with E-state index in [2.05, 4.69) is 16.1 Å². The molecule has 3 rings (SSSR count). The number of benzene rings is 3. The van der Waals surface area contributed by atoms with Gasteiger partial charge in [-0.05, 0) is 42.5 Å². The SMILES string of the molecule is O=C(Nc1cccc(C(=O)N(Br)c2ccc(C(F)(C(F)(F)F)C(F)(F)C(F)(F)F)cc2C(F)(F)F)c1)c1c(F)cccc1F. The summed E-state index contributed by atoms with van der Waals surface area (Å²) in [5.41, 5.74) is -15.4. The van der Waals surface area contributed by atoms with E-state index in [-0.39, 0.29) is 15.7 Å². The van der Waals surface area contributed by atoms with Gasteiger partial charge in [-0.2, -0.15) is 48.3 Å². The summed E-state index contributed by atoms with van der Waals surface area (Å²) in [5, 5.41) is 2.02. The van der Waals surface area contributed by atoms with E-state index < -0.39 is 93.6 Å². The Morgan fingerprint density at radius 1 is 0.705 bits per heavy atom. The van der Waals surface area contributed by atoms with E-state index >= 15 is 0 Å². The molecule has 0 aromatic heterocycles. The highest BCUT2D eigenvalue weighted by Gasteiger charge is 2.81. The second kappa shape index (κ2) is 11.6. The number of halogens is 15. The average Bonchev–Trinajstić information content (AvgIpc) is 2.89. The molecule has 0 fully saturated rings. The first-order valence-electron chi connectivity index (χ1n) is 11.2. The van der Waals surface area contributed by atoms with Gasteiger partial charge in [0.15, 0.2) is 0 Å². The summed E-state index contributed by atoms with van der Waals surface area (Å²) in [6.07, 6.45) is -20.2. The van der Waals surface area contributed by atoms with Crippen molar-refractivity contribution in [3.63, 3.8) is 0 Å². The summed E-state index contributed by atoms with van der Waals surface area (Å²) in [4.78, 5) is 25.2. The predicted octanol–water partition coefficient (Wildman–Crippen LogP) is 9.12. The number of carbonyl (C=O) groups excluding carboxylic acids is 2. The maximum Gasteiger partial charge on any atom is 0.457 e. The lowest BCUT2D eigenvalue weighted by Gasteiger charge is -2.36. The van der Waals surface area contributed by atoms with Crippen molar-refractivity contribution in [3.8, 4) is 0 Å². The predicted molar refractivity (Wildman–Crippen MR) is 128 cm³/mol. The van der Waals surface area contributed by atoms with Gasteiger partial charge in [0.25, 0.3) is 11.8 Å². The van der Waals surface area contributed by atoms with Crippen molar-refractivity contribution >= 4 is 39.3 Å². The average molecular weight is 717 g/mol. The summed E-state index contributed by atoms with van der Waals surface area (Å²) >= 11 is 2.40. The molecule has 0 aliphatic carbocycles. The van der Waals surface area contributed by atoms with Gasteiger partial charge >= 0.3 is 30.1 Å². The molecule has 0 aliphatic rings. The van der Waals surface area contributed by atoms with Gasteiger partial charge in [-0.1, -0.05) is 18.2 Å². The molecule has 0 radical (unpaired) electrons. The van der Waals surface area contributed by atoms with Crippen LogP contribution >= 0.6 is 16.1 Å². The number of hydrogen-bond donors (Lipinski definition) is 1.